The van der Waals surface area contributed by atoms with Crippen LogP contribution < -0.4 is 0 Å². The van der Waals surface area contributed by atoms with E-state index in [1.54, 1.807) is 0 Å². The summed E-state index contributed by atoms with van der Waals surface area (Å²) in [5, 5.41) is 0. The molecule has 0 amide bonds. The third kappa shape index (κ3) is 7.88. The number of ether oxygens (including phenoxy) is 3. The number of nitrogens with zero attached hydrogens (tertiary/aromatic N) is 1. The molecule has 2 fully saturated rings. The summed E-state index contributed by atoms with van der Waals surface area (Å²) >= 11 is 0. The number of carbonyl (C=O) groups excluding carboxylic acids is 2. The lowest BCUT2D eigenvalue weighted by Gasteiger charge is -2.35. The lowest BCUT2D eigenvalue weighted by molar-refractivity contribution is -0.142. The number of hydrogen-bond donors (Lipinski definition) is 0. The normalized spacial score (nSPS) is 22.0. The fourth-order valence-electron chi connectivity index (χ4n) is 5.32. The molecule has 2 aromatic rings. The van der Waals surface area contributed by atoms with Crippen molar-refractivity contribution < 1.29 is 23.8 Å². The quantitative estimate of drug-likeness (QED) is 0.229. The predicted octanol–water partition coefficient (Wildman–Crippen LogP) is 4.82. The molecule has 0 spiro atoms. The van der Waals surface area contributed by atoms with Crippen LogP contribution in [-0.4, -0.2) is 61.7 Å². The van der Waals surface area contributed by atoms with E-state index in [9.17, 15) is 9.59 Å². The Hall–Kier alpha value is -3.24. The van der Waals surface area contributed by atoms with Crippen LogP contribution in [0.15, 0.2) is 66.7 Å². The highest BCUT2D eigenvalue weighted by atomic mass is 16.5. The molecule has 1 saturated heterocycles. The smallest absolute Gasteiger partial charge is 0.307 e. The molecule has 2 aliphatic rings. The number of allylic oxidation sites excluding steroid dienone is 2. The maximum Gasteiger partial charge on any atom is 0.307 e. The molecular weight excluding hydrogens is 478 g/mol. The molecule has 0 bridgehead atoms. The number of ketones is 1. The van der Waals surface area contributed by atoms with E-state index < -0.39 is 0 Å². The maximum atomic E-state index is 13.2. The van der Waals surface area contributed by atoms with Gasteiger partial charge in [0.15, 0.2) is 12.4 Å². The van der Waals surface area contributed by atoms with Crippen molar-refractivity contribution in [2.75, 3.05) is 32.9 Å². The lowest BCUT2D eigenvalue weighted by Crippen LogP contribution is -2.49. The van der Waals surface area contributed by atoms with Crippen molar-refractivity contribution >= 4 is 11.8 Å². The Labute approximate surface area is 226 Å². The van der Waals surface area contributed by atoms with E-state index in [4.69, 9.17) is 20.6 Å². The zero-order valence-electron chi connectivity index (χ0n) is 21.9. The van der Waals surface area contributed by atoms with Crippen LogP contribution in [-0.2, 0) is 30.4 Å². The molecule has 4 rings (SSSR count). The number of Topliss-reactive ketones (excluding diaryl/α,β-unsaturated/α-hetero) is 1. The minimum Gasteiger partial charge on any atom is -0.452 e. The summed E-state index contributed by atoms with van der Waals surface area (Å²) in [5.41, 5.74) is 3.46. The zero-order valence-corrected chi connectivity index (χ0v) is 21.9. The SMILES string of the molecule is C#CCOC(=O)CC/C=C\CCC1[C@@H](OCc2ccc(-c3ccccc3)cc2)CC(=O)[C@@H]1N1CCOCC1. The van der Waals surface area contributed by atoms with Crippen molar-refractivity contribution in [2.45, 2.75) is 50.9 Å². The number of benzene rings is 2. The van der Waals surface area contributed by atoms with Gasteiger partial charge in [0, 0.05) is 31.8 Å². The number of esters is 1. The molecule has 2 aromatic carbocycles. The first-order valence-electron chi connectivity index (χ1n) is 13.5. The van der Waals surface area contributed by atoms with Gasteiger partial charge in [-0.1, -0.05) is 72.7 Å². The van der Waals surface area contributed by atoms with E-state index in [0.717, 1.165) is 31.5 Å². The van der Waals surface area contributed by atoms with E-state index in [1.807, 2.05) is 24.3 Å². The molecule has 1 aliphatic heterocycles. The Kier molecular flexibility index (Phi) is 10.7. The maximum absolute atomic E-state index is 13.2. The predicted molar refractivity (Wildman–Crippen MR) is 147 cm³/mol. The zero-order chi connectivity index (χ0) is 26.6. The van der Waals surface area contributed by atoms with Gasteiger partial charge in [-0.15, -0.1) is 6.42 Å². The Balaban J connectivity index is 1.34. The van der Waals surface area contributed by atoms with Crippen molar-refractivity contribution in [1.29, 1.82) is 0 Å². The second-order valence-corrected chi connectivity index (χ2v) is 9.79. The van der Waals surface area contributed by atoms with Crippen LogP contribution in [0, 0.1) is 18.3 Å². The van der Waals surface area contributed by atoms with E-state index in [2.05, 4.69) is 53.3 Å². The molecule has 0 aromatic heterocycles. The highest BCUT2D eigenvalue weighted by Crippen LogP contribution is 2.35. The highest BCUT2D eigenvalue weighted by Gasteiger charge is 2.45. The summed E-state index contributed by atoms with van der Waals surface area (Å²) in [4.78, 5) is 27.0. The van der Waals surface area contributed by atoms with Crippen LogP contribution in [0.3, 0.4) is 0 Å². The first-order valence-corrected chi connectivity index (χ1v) is 13.5. The molecule has 6 nitrogen and oxygen atoms in total. The summed E-state index contributed by atoms with van der Waals surface area (Å²) in [6.07, 6.45) is 12.1. The third-order valence-corrected chi connectivity index (χ3v) is 7.24. The van der Waals surface area contributed by atoms with E-state index >= 15 is 0 Å². The Morgan fingerprint density at radius 2 is 1.74 bits per heavy atom. The second kappa shape index (κ2) is 14.6. The number of hydrogen-bond acceptors (Lipinski definition) is 6. The van der Waals surface area contributed by atoms with Crippen LogP contribution in [0.1, 0.15) is 37.7 Å². The molecule has 1 aliphatic carbocycles. The average molecular weight is 516 g/mol. The molecule has 3 atom stereocenters. The monoisotopic (exact) mass is 515 g/mol. The van der Waals surface area contributed by atoms with Gasteiger partial charge in [-0.2, -0.15) is 0 Å². The van der Waals surface area contributed by atoms with Gasteiger partial charge in [0.05, 0.1) is 32.0 Å². The van der Waals surface area contributed by atoms with Gasteiger partial charge >= 0.3 is 5.97 Å². The molecule has 1 heterocycles. The fraction of sp³-hybridized carbons (Fsp3) is 0.438. The van der Waals surface area contributed by atoms with Crippen molar-refractivity contribution in [3.63, 3.8) is 0 Å². The average Bonchev–Trinajstić information content (AvgIpc) is 3.28. The minimum atomic E-state index is -0.286. The number of terminal acetylenes is 1. The minimum absolute atomic E-state index is 0.0136. The molecule has 200 valence electrons. The molecule has 6 heteroatoms. The van der Waals surface area contributed by atoms with E-state index in [0.29, 0.717) is 39.1 Å². The molecule has 38 heavy (non-hydrogen) atoms. The van der Waals surface area contributed by atoms with Crippen molar-refractivity contribution in [3.05, 3.63) is 72.3 Å². The summed E-state index contributed by atoms with van der Waals surface area (Å²) in [5.74, 6) is 2.40. The van der Waals surface area contributed by atoms with Crippen molar-refractivity contribution in [1.82, 2.24) is 4.90 Å². The highest BCUT2D eigenvalue weighted by molar-refractivity contribution is 5.87. The summed E-state index contributed by atoms with van der Waals surface area (Å²) in [7, 11) is 0. The summed E-state index contributed by atoms with van der Waals surface area (Å²) in [6, 6.07) is 18.6. The van der Waals surface area contributed by atoms with Crippen LogP contribution in [0.5, 0.6) is 0 Å². The molecule has 1 saturated carbocycles. The summed E-state index contributed by atoms with van der Waals surface area (Å²) in [6.45, 7) is 3.36. The van der Waals surface area contributed by atoms with Crippen molar-refractivity contribution in [3.8, 4) is 23.5 Å². The van der Waals surface area contributed by atoms with Crippen molar-refractivity contribution in [2.24, 2.45) is 5.92 Å². The van der Waals surface area contributed by atoms with Crippen LogP contribution >= 0.6 is 0 Å². The summed E-state index contributed by atoms with van der Waals surface area (Å²) < 4.78 is 16.8. The number of rotatable bonds is 12. The van der Waals surface area contributed by atoms with Gasteiger partial charge in [-0.25, -0.2) is 0 Å². The standard InChI is InChI=1S/C32H37NO5/c1-2-20-37-31(35)13-9-4-3-8-12-28-30(23-29(34)32(28)33-18-21-36-22-19-33)38-24-25-14-16-27(17-15-25)26-10-6-5-7-11-26/h1,3-7,10-11,14-17,28,30,32H,8-9,12-13,18-24H2/b4-3-/t28?,30-,32+/m0/s1. The van der Waals surface area contributed by atoms with Gasteiger partial charge in [-0.3, -0.25) is 14.5 Å². The molecule has 0 radical (unpaired) electrons. The second-order valence-electron chi connectivity index (χ2n) is 9.79. The third-order valence-electron chi connectivity index (χ3n) is 7.24. The van der Waals surface area contributed by atoms with Gasteiger partial charge in [0.2, 0.25) is 0 Å². The molecule has 0 N–H and O–H groups in total. The largest absolute Gasteiger partial charge is 0.452 e. The lowest BCUT2D eigenvalue weighted by atomic mass is 9.93. The van der Waals surface area contributed by atoms with E-state index in [-0.39, 0.29) is 36.4 Å². The van der Waals surface area contributed by atoms with Crippen LogP contribution in [0.4, 0.5) is 0 Å². The van der Waals surface area contributed by atoms with Crippen LogP contribution in [0.25, 0.3) is 11.1 Å². The topological polar surface area (TPSA) is 65.1 Å². The Morgan fingerprint density at radius 1 is 1.03 bits per heavy atom. The molecule has 1 unspecified atom stereocenters. The molecular formula is C32H37NO5. The first kappa shape index (κ1) is 27.8. The Bertz CT molecular complexity index is 1100. The van der Waals surface area contributed by atoms with Crippen LogP contribution in [0.2, 0.25) is 0 Å². The first-order chi connectivity index (χ1) is 18.7. The number of morpholine rings is 1. The van der Waals surface area contributed by atoms with Gasteiger partial charge < -0.3 is 14.2 Å². The fourth-order valence-corrected chi connectivity index (χ4v) is 5.32. The van der Waals surface area contributed by atoms with Gasteiger partial charge in [-0.05, 0) is 36.0 Å². The van der Waals surface area contributed by atoms with Gasteiger partial charge in [0.25, 0.3) is 0 Å². The van der Waals surface area contributed by atoms with E-state index in [1.165, 1.54) is 11.1 Å². The number of carbonyl (C=O) groups is 2. The Morgan fingerprint density at radius 3 is 2.47 bits per heavy atom. The van der Waals surface area contributed by atoms with Gasteiger partial charge in [0.1, 0.15) is 0 Å².